The van der Waals surface area contributed by atoms with E-state index in [-0.39, 0.29) is 0 Å². The second-order valence-corrected chi connectivity index (χ2v) is 4.68. The summed E-state index contributed by atoms with van der Waals surface area (Å²) in [5.74, 6) is 2.59. The van der Waals surface area contributed by atoms with E-state index in [1.807, 2.05) is 6.07 Å². The molecule has 2 aromatic carbocycles. The average Bonchev–Trinajstić information content (AvgIpc) is 2.49. The Labute approximate surface area is 128 Å². The van der Waals surface area contributed by atoms with E-state index in [4.69, 9.17) is 37.4 Å². The van der Waals surface area contributed by atoms with Gasteiger partial charge in [0, 0.05) is 10.6 Å². The quantitative estimate of drug-likeness (QED) is 0.736. The smallest absolute Gasteiger partial charge is 0.211 e. The van der Waals surface area contributed by atoms with Crippen LogP contribution in [-0.2, 0) is 5.88 Å². The van der Waals surface area contributed by atoms with Crippen LogP contribution in [0.3, 0.4) is 0 Å². The van der Waals surface area contributed by atoms with E-state index in [2.05, 4.69) is 0 Å². The van der Waals surface area contributed by atoms with Gasteiger partial charge in [0.15, 0.2) is 11.5 Å². The van der Waals surface area contributed by atoms with Crippen LogP contribution in [0, 0.1) is 0 Å². The van der Waals surface area contributed by atoms with Crippen LogP contribution in [-0.4, -0.2) is 14.2 Å². The molecule has 3 nitrogen and oxygen atoms in total. The predicted molar refractivity (Wildman–Crippen MR) is 80.6 cm³/mol. The first-order chi connectivity index (χ1) is 9.69. The van der Waals surface area contributed by atoms with Crippen LogP contribution in [0.5, 0.6) is 23.0 Å². The molecule has 0 aliphatic heterocycles. The molecule has 0 fully saturated rings. The fraction of sp³-hybridized carbons (Fsp3) is 0.200. The first kappa shape index (κ1) is 14.8. The summed E-state index contributed by atoms with van der Waals surface area (Å²) in [6.45, 7) is 0. The second-order valence-electron chi connectivity index (χ2n) is 3.98. The number of ether oxygens (including phenoxy) is 3. The van der Waals surface area contributed by atoms with Crippen molar-refractivity contribution in [2.45, 2.75) is 5.88 Å². The number of hydrogen-bond donors (Lipinski definition) is 0. The van der Waals surface area contributed by atoms with Gasteiger partial charge >= 0.3 is 0 Å². The van der Waals surface area contributed by atoms with Crippen molar-refractivity contribution in [3.63, 3.8) is 0 Å². The number of methoxy groups -OCH3 is 2. The lowest BCUT2D eigenvalue weighted by Crippen LogP contribution is -1.96. The molecule has 0 amide bonds. The van der Waals surface area contributed by atoms with Crippen molar-refractivity contribution in [2.75, 3.05) is 14.2 Å². The highest BCUT2D eigenvalue weighted by Crippen LogP contribution is 2.41. The second kappa shape index (κ2) is 6.73. The molecule has 0 saturated heterocycles. The first-order valence-electron chi connectivity index (χ1n) is 5.92. The summed E-state index contributed by atoms with van der Waals surface area (Å²) in [7, 11) is 3.15. The van der Waals surface area contributed by atoms with Crippen molar-refractivity contribution < 1.29 is 14.2 Å². The van der Waals surface area contributed by atoms with Crippen LogP contribution < -0.4 is 14.2 Å². The number of halogens is 2. The highest BCUT2D eigenvalue weighted by Gasteiger charge is 2.14. The lowest BCUT2D eigenvalue weighted by Gasteiger charge is -2.15. The maximum absolute atomic E-state index is 5.95. The molecule has 0 aliphatic carbocycles. The molecular formula is C15H14Cl2O3. The van der Waals surface area contributed by atoms with Crippen LogP contribution in [0.15, 0.2) is 36.4 Å². The van der Waals surface area contributed by atoms with Crippen molar-refractivity contribution in [2.24, 2.45) is 0 Å². The van der Waals surface area contributed by atoms with Crippen molar-refractivity contribution in [3.05, 3.63) is 47.0 Å². The molecule has 0 saturated carbocycles. The van der Waals surface area contributed by atoms with E-state index in [0.717, 1.165) is 5.56 Å². The lowest BCUT2D eigenvalue weighted by molar-refractivity contribution is 0.345. The van der Waals surface area contributed by atoms with Crippen molar-refractivity contribution in [1.82, 2.24) is 0 Å². The molecule has 0 unspecified atom stereocenters. The van der Waals surface area contributed by atoms with Gasteiger partial charge < -0.3 is 14.2 Å². The maximum Gasteiger partial charge on any atom is 0.211 e. The van der Waals surface area contributed by atoms with Crippen molar-refractivity contribution >= 4 is 23.2 Å². The largest absolute Gasteiger partial charge is 0.493 e. The lowest BCUT2D eigenvalue weighted by atomic mass is 10.2. The molecule has 0 radical (unpaired) electrons. The molecule has 2 rings (SSSR count). The molecule has 0 aromatic heterocycles. The number of rotatable bonds is 5. The van der Waals surface area contributed by atoms with Crippen LogP contribution >= 0.6 is 23.2 Å². The highest BCUT2D eigenvalue weighted by atomic mass is 35.5. The van der Waals surface area contributed by atoms with Gasteiger partial charge in [0.05, 0.1) is 20.1 Å². The Balaban J connectivity index is 2.44. The summed E-state index contributed by atoms with van der Waals surface area (Å²) in [5.41, 5.74) is 0.798. The van der Waals surface area contributed by atoms with Gasteiger partial charge in [0.1, 0.15) is 5.75 Å². The molecule has 0 aliphatic rings. The molecule has 5 heteroatoms. The Morgan fingerprint density at radius 1 is 0.950 bits per heavy atom. The Bertz CT molecular complexity index is 577. The van der Waals surface area contributed by atoms with E-state index in [1.165, 1.54) is 0 Å². The summed E-state index contributed by atoms with van der Waals surface area (Å²) in [4.78, 5) is 0. The molecule has 0 atom stereocenters. The number of para-hydroxylation sites is 1. The van der Waals surface area contributed by atoms with Gasteiger partial charge in [-0.15, -0.1) is 11.6 Å². The van der Waals surface area contributed by atoms with Crippen LogP contribution in [0.25, 0.3) is 0 Å². The Hall–Kier alpha value is -1.58. The van der Waals surface area contributed by atoms with Gasteiger partial charge in [-0.25, -0.2) is 0 Å². The summed E-state index contributed by atoms with van der Waals surface area (Å²) < 4.78 is 16.5. The summed E-state index contributed by atoms with van der Waals surface area (Å²) in [6, 6.07) is 10.7. The Morgan fingerprint density at radius 2 is 1.60 bits per heavy atom. The maximum atomic E-state index is 5.95. The van der Waals surface area contributed by atoms with E-state index in [1.54, 1.807) is 44.6 Å². The van der Waals surface area contributed by atoms with Crippen molar-refractivity contribution in [3.8, 4) is 23.0 Å². The predicted octanol–water partition coefficient (Wildman–Crippen LogP) is 4.89. The zero-order chi connectivity index (χ0) is 14.5. The molecule has 106 valence electrons. The highest BCUT2D eigenvalue weighted by molar-refractivity contribution is 6.30. The Kier molecular flexibility index (Phi) is 4.99. The fourth-order valence-electron chi connectivity index (χ4n) is 1.78. The van der Waals surface area contributed by atoms with Crippen LogP contribution in [0.4, 0.5) is 0 Å². The molecule has 2 aromatic rings. The van der Waals surface area contributed by atoms with Crippen LogP contribution in [0.1, 0.15) is 5.56 Å². The zero-order valence-electron chi connectivity index (χ0n) is 11.2. The van der Waals surface area contributed by atoms with Gasteiger partial charge in [0.2, 0.25) is 5.75 Å². The molecule has 20 heavy (non-hydrogen) atoms. The number of alkyl halides is 1. The van der Waals surface area contributed by atoms with Gasteiger partial charge in [-0.3, -0.25) is 0 Å². The molecular weight excluding hydrogens is 299 g/mol. The summed E-state index contributed by atoms with van der Waals surface area (Å²) >= 11 is 11.9. The van der Waals surface area contributed by atoms with E-state index in [9.17, 15) is 0 Å². The monoisotopic (exact) mass is 312 g/mol. The normalized spacial score (nSPS) is 10.2. The molecule has 0 spiro atoms. The average molecular weight is 313 g/mol. The van der Waals surface area contributed by atoms with Gasteiger partial charge in [-0.2, -0.15) is 0 Å². The third-order valence-electron chi connectivity index (χ3n) is 2.76. The molecule has 0 bridgehead atoms. The molecule has 0 heterocycles. The topological polar surface area (TPSA) is 27.7 Å². The number of benzene rings is 2. The minimum Gasteiger partial charge on any atom is -0.493 e. The third-order valence-corrected chi connectivity index (χ3v) is 3.28. The molecule has 0 N–H and O–H groups in total. The number of hydrogen-bond acceptors (Lipinski definition) is 3. The minimum absolute atomic E-state index is 0.299. The van der Waals surface area contributed by atoms with E-state index in [0.29, 0.717) is 33.9 Å². The first-order valence-corrected chi connectivity index (χ1v) is 6.84. The van der Waals surface area contributed by atoms with Gasteiger partial charge in [-0.05, 0) is 30.3 Å². The SMILES string of the molecule is COc1cccc(OC)c1Oc1ccc(Cl)cc1CCl. The van der Waals surface area contributed by atoms with E-state index >= 15 is 0 Å². The van der Waals surface area contributed by atoms with Crippen LogP contribution in [0.2, 0.25) is 5.02 Å². The van der Waals surface area contributed by atoms with Gasteiger partial charge in [0.25, 0.3) is 0 Å². The van der Waals surface area contributed by atoms with Gasteiger partial charge in [-0.1, -0.05) is 17.7 Å². The fourth-order valence-corrected chi connectivity index (χ4v) is 2.18. The Morgan fingerprint density at radius 3 is 2.15 bits per heavy atom. The standard InChI is InChI=1S/C15H14Cl2O3/c1-18-13-4-3-5-14(19-2)15(13)20-12-7-6-11(17)8-10(12)9-16/h3-8H,9H2,1-2H3. The summed E-state index contributed by atoms with van der Waals surface area (Å²) in [6.07, 6.45) is 0. The van der Waals surface area contributed by atoms with Crippen molar-refractivity contribution in [1.29, 1.82) is 0 Å². The minimum atomic E-state index is 0.299. The van der Waals surface area contributed by atoms with E-state index < -0.39 is 0 Å². The third kappa shape index (κ3) is 3.11. The summed E-state index contributed by atoms with van der Waals surface area (Å²) in [5, 5.41) is 0.611. The zero-order valence-corrected chi connectivity index (χ0v) is 12.7.